The van der Waals surface area contributed by atoms with E-state index in [9.17, 15) is 9.90 Å². The van der Waals surface area contributed by atoms with Crippen molar-refractivity contribution in [2.75, 3.05) is 19.0 Å². The summed E-state index contributed by atoms with van der Waals surface area (Å²) < 4.78 is 4.97. The number of phenols is 1. The molecule has 0 aliphatic heterocycles. The molecule has 1 amide bonds. The molecular weight excluding hydrogens is 330 g/mol. The van der Waals surface area contributed by atoms with Crippen molar-refractivity contribution in [1.82, 2.24) is 5.43 Å². The maximum Gasteiger partial charge on any atom is 0.259 e. The first-order chi connectivity index (χ1) is 12.7. The Morgan fingerprint density at radius 2 is 1.96 bits per heavy atom. The number of ether oxygens (including phenoxy) is 1. The number of rotatable bonds is 6. The molecule has 0 fully saturated rings. The Bertz CT molecular complexity index is 949. The van der Waals surface area contributed by atoms with Crippen LogP contribution in [0, 0.1) is 0 Å². The number of carbonyl (C=O) groups excluding carboxylic acids is 1. The van der Waals surface area contributed by atoms with Gasteiger partial charge >= 0.3 is 0 Å². The fraction of sp³-hybridized carbons (Fsp3) is 0.100. The van der Waals surface area contributed by atoms with Crippen LogP contribution in [0.5, 0.6) is 11.5 Å². The number of nitrogens with zero attached hydrogens (tertiary/aromatic N) is 1. The fourth-order valence-electron chi connectivity index (χ4n) is 2.56. The fourth-order valence-corrected chi connectivity index (χ4v) is 2.56. The van der Waals surface area contributed by atoms with E-state index in [-0.39, 0.29) is 18.2 Å². The summed E-state index contributed by atoms with van der Waals surface area (Å²) in [5, 5.41) is 18.9. The van der Waals surface area contributed by atoms with Gasteiger partial charge < -0.3 is 15.2 Å². The molecule has 0 unspecified atom stereocenters. The number of methoxy groups -OCH3 is 1. The molecule has 0 aromatic heterocycles. The molecule has 0 saturated heterocycles. The summed E-state index contributed by atoms with van der Waals surface area (Å²) in [6.45, 7) is 0.0964. The van der Waals surface area contributed by atoms with Gasteiger partial charge in [-0.15, -0.1) is 0 Å². The number of fused-ring (bicyclic) bond motifs is 1. The molecule has 3 N–H and O–H groups in total. The van der Waals surface area contributed by atoms with Gasteiger partial charge in [-0.05, 0) is 35.2 Å². The van der Waals surface area contributed by atoms with Crippen molar-refractivity contribution in [3.05, 3.63) is 66.2 Å². The molecule has 3 aromatic carbocycles. The molecule has 3 rings (SSSR count). The van der Waals surface area contributed by atoms with Gasteiger partial charge in [0.2, 0.25) is 0 Å². The quantitative estimate of drug-likeness (QED) is 0.472. The van der Waals surface area contributed by atoms with Crippen LogP contribution in [0.1, 0.15) is 5.56 Å². The van der Waals surface area contributed by atoms with Gasteiger partial charge in [0.25, 0.3) is 5.91 Å². The van der Waals surface area contributed by atoms with Crippen LogP contribution in [0.15, 0.2) is 65.8 Å². The highest BCUT2D eigenvalue weighted by Crippen LogP contribution is 2.25. The molecular formula is C20H19N3O3. The van der Waals surface area contributed by atoms with Gasteiger partial charge in [-0.1, -0.05) is 36.4 Å². The Morgan fingerprint density at radius 1 is 1.15 bits per heavy atom. The van der Waals surface area contributed by atoms with E-state index in [0.29, 0.717) is 11.3 Å². The van der Waals surface area contributed by atoms with Crippen LogP contribution >= 0.6 is 0 Å². The minimum absolute atomic E-state index is 0.0143. The van der Waals surface area contributed by atoms with Crippen LogP contribution in [0.3, 0.4) is 0 Å². The van der Waals surface area contributed by atoms with Crippen molar-refractivity contribution in [3.8, 4) is 11.5 Å². The van der Waals surface area contributed by atoms with E-state index in [1.54, 1.807) is 12.1 Å². The first-order valence-corrected chi connectivity index (χ1v) is 8.08. The second kappa shape index (κ2) is 8.02. The van der Waals surface area contributed by atoms with E-state index < -0.39 is 0 Å². The summed E-state index contributed by atoms with van der Waals surface area (Å²) in [6, 6.07) is 18.7. The third kappa shape index (κ3) is 4.10. The summed E-state index contributed by atoms with van der Waals surface area (Å²) in [4.78, 5) is 12.0. The van der Waals surface area contributed by atoms with E-state index in [0.717, 1.165) is 16.5 Å². The zero-order valence-corrected chi connectivity index (χ0v) is 14.3. The highest BCUT2D eigenvalue weighted by atomic mass is 16.5. The molecule has 0 spiro atoms. The number of anilines is 1. The minimum Gasteiger partial charge on any atom is -0.504 e. The predicted octanol–water partition coefficient (Wildman–Crippen LogP) is 3.12. The van der Waals surface area contributed by atoms with E-state index in [4.69, 9.17) is 4.74 Å². The lowest BCUT2D eigenvalue weighted by Crippen LogP contribution is -2.25. The van der Waals surface area contributed by atoms with Crippen LogP contribution in [0.4, 0.5) is 5.69 Å². The molecule has 0 saturated carbocycles. The number of phenolic OH excluding ortho intramolecular Hbond substituents is 1. The van der Waals surface area contributed by atoms with Crippen molar-refractivity contribution >= 4 is 28.6 Å². The molecule has 0 bridgehead atoms. The van der Waals surface area contributed by atoms with Crippen LogP contribution < -0.4 is 15.5 Å². The Hall–Kier alpha value is -3.54. The smallest absolute Gasteiger partial charge is 0.259 e. The van der Waals surface area contributed by atoms with E-state index >= 15 is 0 Å². The minimum atomic E-state index is -0.271. The van der Waals surface area contributed by atoms with Gasteiger partial charge in [-0.3, -0.25) is 4.79 Å². The zero-order valence-electron chi connectivity index (χ0n) is 14.3. The number of hydrazone groups is 1. The maximum atomic E-state index is 12.0. The molecule has 0 atom stereocenters. The van der Waals surface area contributed by atoms with E-state index in [1.807, 2.05) is 42.5 Å². The lowest BCUT2D eigenvalue weighted by Gasteiger charge is -2.08. The number of amides is 1. The largest absolute Gasteiger partial charge is 0.504 e. The second-order valence-corrected chi connectivity index (χ2v) is 5.60. The molecule has 0 aliphatic rings. The van der Waals surface area contributed by atoms with Crippen molar-refractivity contribution in [1.29, 1.82) is 0 Å². The molecule has 26 heavy (non-hydrogen) atoms. The second-order valence-electron chi connectivity index (χ2n) is 5.60. The Morgan fingerprint density at radius 3 is 2.77 bits per heavy atom. The Balaban J connectivity index is 1.56. The standard InChI is InChI=1S/C20H19N3O3/c1-26-19-10-9-14(11-18(19)24)12-22-23-20(25)13-21-17-8-4-6-15-5-2-3-7-16(15)17/h2-12,21,24H,13H2,1H3,(H,23,25). The molecule has 0 aliphatic carbocycles. The molecule has 3 aromatic rings. The zero-order chi connectivity index (χ0) is 18.4. The van der Waals surface area contributed by atoms with Crippen molar-refractivity contribution in [3.63, 3.8) is 0 Å². The van der Waals surface area contributed by atoms with Gasteiger partial charge in [0.1, 0.15) is 0 Å². The van der Waals surface area contributed by atoms with Crippen LogP contribution in [-0.2, 0) is 4.79 Å². The normalized spacial score (nSPS) is 10.8. The number of benzene rings is 3. The molecule has 0 radical (unpaired) electrons. The molecule has 6 nitrogen and oxygen atoms in total. The van der Waals surface area contributed by atoms with E-state index in [1.165, 1.54) is 19.4 Å². The van der Waals surface area contributed by atoms with Gasteiger partial charge in [0.05, 0.1) is 19.9 Å². The predicted molar refractivity (Wildman–Crippen MR) is 103 cm³/mol. The molecule has 132 valence electrons. The number of hydrogen-bond donors (Lipinski definition) is 3. The van der Waals surface area contributed by atoms with E-state index in [2.05, 4.69) is 15.8 Å². The molecule has 6 heteroatoms. The van der Waals surface area contributed by atoms with Gasteiger partial charge in [0.15, 0.2) is 11.5 Å². The van der Waals surface area contributed by atoms with Crippen molar-refractivity contribution in [2.24, 2.45) is 5.10 Å². The van der Waals surface area contributed by atoms with Gasteiger partial charge in [-0.25, -0.2) is 5.43 Å². The number of nitrogens with one attached hydrogen (secondary N) is 2. The van der Waals surface area contributed by atoms with Crippen molar-refractivity contribution < 1.29 is 14.6 Å². The summed E-state index contributed by atoms with van der Waals surface area (Å²) >= 11 is 0. The highest BCUT2D eigenvalue weighted by molar-refractivity contribution is 5.95. The Labute approximate surface area is 151 Å². The third-order valence-corrected chi connectivity index (χ3v) is 3.83. The van der Waals surface area contributed by atoms with Gasteiger partial charge in [-0.2, -0.15) is 5.10 Å². The lowest BCUT2D eigenvalue weighted by atomic mass is 10.1. The average molecular weight is 349 g/mol. The average Bonchev–Trinajstić information content (AvgIpc) is 2.66. The monoisotopic (exact) mass is 349 g/mol. The van der Waals surface area contributed by atoms with Crippen LogP contribution in [0.25, 0.3) is 10.8 Å². The molecule has 0 heterocycles. The van der Waals surface area contributed by atoms with Crippen molar-refractivity contribution in [2.45, 2.75) is 0 Å². The lowest BCUT2D eigenvalue weighted by molar-refractivity contribution is -0.119. The van der Waals surface area contributed by atoms with Crippen LogP contribution in [-0.4, -0.2) is 30.9 Å². The topological polar surface area (TPSA) is 83.0 Å². The first-order valence-electron chi connectivity index (χ1n) is 8.08. The summed E-state index contributed by atoms with van der Waals surface area (Å²) in [5.74, 6) is 0.123. The number of aromatic hydroxyl groups is 1. The third-order valence-electron chi connectivity index (χ3n) is 3.83. The number of hydrogen-bond acceptors (Lipinski definition) is 5. The highest BCUT2D eigenvalue weighted by Gasteiger charge is 2.04. The first kappa shape index (κ1) is 17.3. The van der Waals surface area contributed by atoms with Gasteiger partial charge in [0, 0.05) is 11.1 Å². The summed E-state index contributed by atoms with van der Waals surface area (Å²) in [5.41, 5.74) is 3.99. The maximum absolute atomic E-state index is 12.0. The SMILES string of the molecule is COc1ccc(C=NNC(=O)CNc2cccc3ccccc23)cc1O. The van der Waals surface area contributed by atoms with Crippen LogP contribution in [0.2, 0.25) is 0 Å². The summed E-state index contributed by atoms with van der Waals surface area (Å²) in [6.07, 6.45) is 1.45. The Kier molecular flexibility index (Phi) is 5.34. The number of carbonyl (C=O) groups is 1. The summed E-state index contributed by atoms with van der Waals surface area (Å²) in [7, 11) is 1.48.